The van der Waals surface area contributed by atoms with E-state index in [1.807, 2.05) is 20.2 Å². The Morgan fingerprint density at radius 1 is 1.44 bits per heavy atom. The minimum Gasteiger partial charge on any atom is -0.478 e. The Morgan fingerprint density at radius 2 is 1.94 bits per heavy atom. The Kier molecular flexibility index (Phi) is 5.73. The lowest BCUT2D eigenvalue weighted by Gasteiger charge is -2.42. The number of hydrogen-bond donors (Lipinski definition) is 1. The molecule has 0 bridgehead atoms. The van der Waals surface area contributed by atoms with Gasteiger partial charge in [0, 0.05) is 11.1 Å². The summed E-state index contributed by atoms with van der Waals surface area (Å²) in [4.78, 5) is 13.1. The van der Waals surface area contributed by atoms with Crippen molar-refractivity contribution in [3.05, 3.63) is 11.6 Å². The first-order chi connectivity index (χ1) is 7.31. The third kappa shape index (κ3) is 3.08. The molecule has 0 fully saturated rings. The maximum atomic E-state index is 10.9. The van der Waals surface area contributed by atoms with Gasteiger partial charge in [0.05, 0.1) is 0 Å². The summed E-state index contributed by atoms with van der Waals surface area (Å²) >= 11 is 0. The van der Waals surface area contributed by atoms with Crippen LogP contribution in [-0.2, 0) is 4.79 Å². The highest BCUT2D eigenvalue weighted by Gasteiger charge is 2.34. The molecule has 0 aliphatic rings. The van der Waals surface area contributed by atoms with Crippen LogP contribution in [0.25, 0.3) is 0 Å². The Labute approximate surface area is 99.1 Å². The zero-order valence-electron chi connectivity index (χ0n) is 11.4. The first-order valence-electron chi connectivity index (χ1n) is 5.92. The number of rotatable bonds is 6. The number of carboxylic acid groups (broad SMARTS) is 1. The van der Waals surface area contributed by atoms with Crippen LogP contribution < -0.4 is 0 Å². The van der Waals surface area contributed by atoms with Crippen LogP contribution in [-0.4, -0.2) is 35.6 Å². The normalized spacial score (nSPS) is 18.3. The molecule has 0 spiro atoms. The molecule has 0 saturated carbocycles. The van der Waals surface area contributed by atoms with E-state index in [-0.39, 0.29) is 5.54 Å². The van der Waals surface area contributed by atoms with E-state index in [0.29, 0.717) is 11.5 Å². The Morgan fingerprint density at radius 3 is 2.19 bits per heavy atom. The average Bonchev–Trinajstić information content (AvgIpc) is 2.23. The standard InChI is InChI=1S/C13H25NO2/c1-7-11(4)13(8-2,14(5)6)9-10(3)12(15)16/h9,11H,7-8H2,1-6H3,(H,15,16)/b10-9+. The number of aliphatic carboxylic acids is 1. The highest BCUT2D eigenvalue weighted by atomic mass is 16.4. The zero-order valence-corrected chi connectivity index (χ0v) is 11.4. The second kappa shape index (κ2) is 6.04. The quantitative estimate of drug-likeness (QED) is 0.709. The van der Waals surface area contributed by atoms with Gasteiger partial charge in [-0.2, -0.15) is 0 Å². The molecule has 16 heavy (non-hydrogen) atoms. The molecule has 0 saturated heterocycles. The highest BCUT2D eigenvalue weighted by molar-refractivity contribution is 5.86. The van der Waals surface area contributed by atoms with E-state index in [1.165, 1.54) is 0 Å². The smallest absolute Gasteiger partial charge is 0.331 e. The topological polar surface area (TPSA) is 40.5 Å². The predicted molar refractivity (Wildman–Crippen MR) is 67.6 cm³/mol. The summed E-state index contributed by atoms with van der Waals surface area (Å²) in [6, 6.07) is 0. The molecule has 0 aromatic rings. The van der Waals surface area contributed by atoms with Gasteiger partial charge in [0.2, 0.25) is 0 Å². The average molecular weight is 227 g/mol. The highest BCUT2D eigenvalue weighted by Crippen LogP contribution is 2.31. The molecular formula is C13H25NO2. The van der Waals surface area contributed by atoms with Gasteiger partial charge in [0.1, 0.15) is 0 Å². The fourth-order valence-electron chi connectivity index (χ4n) is 2.27. The minimum absolute atomic E-state index is 0.156. The largest absolute Gasteiger partial charge is 0.478 e. The van der Waals surface area contributed by atoms with E-state index in [2.05, 4.69) is 25.7 Å². The fourth-order valence-corrected chi connectivity index (χ4v) is 2.27. The summed E-state index contributed by atoms with van der Waals surface area (Å²) < 4.78 is 0. The molecule has 1 N–H and O–H groups in total. The third-order valence-electron chi connectivity index (χ3n) is 3.67. The summed E-state index contributed by atoms with van der Waals surface area (Å²) in [7, 11) is 4.03. The van der Waals surface area contributed by atoms with Crippen LogP contribution in [0.5, 0.6) is 0 Å². The lowest BCUT2D eigenvalue weighted by molar-refractivity contribution is -0.132. The van der Waals surface area contributed by atoms with E-state index >= 15 is 0 Å². The second-order valence-corrected chi connectivity index (χ2v) is 4.68. The molecule has 0 aromatic heterocycles. The van der Waals surface area contributed by atoms with Crippen molar-refractivity contribution in [3.8, 4) is 0 Å². The van der Waals surface area contributed by atoms with Crippen molar-refractivity contribution in [2.75, 3.05) is 14.1 Å². The number of nitrogens with zero attached hydrogens (tertiary/aromatic N) is 1. The molecule has 0 amide bonds. The lowest BCUT2D eigenvalue weighted by atomic mass is 9.78. The maximum absolute atomic E-state index is 10.9. The molecule has 0 aliphatic carbocycles. The van der Waals surface area contributed by atoms with Gasteiger partial charge in [0.25, 0.3) is 0 Å². The van der Waals surface area contributed by atoms with Gasteiger partial charge in [-0.15, -0.1) is 0 Å². The third-order valence-corrected chi connectivity index (χ3v) is 3.67. The van der Waals surface area contributed by atoms with Crippen molar-refractivity contribution >= 4 is 5.97 Å². The van der Waals surface area contributed by atoms with E-state index in [0.717, 1.165) is 12.8 Å². The monoisotopic (exact) mass is 227 g/mol. The van der Waals surface area contributed by atoms with Gasteiger partial charge >= 0.3 is 5.97 Å². The van der Waals surface area contributed by atoms with E-state index < -0.39 is 5.97 Å². The van der Waals surface area contributed by atoms with Crippen LogP contribution in [0.4, 0.5) is 0 Å². The number of hydrogen-bond acceptors (Lipinski definition) is 2. The van der Waals surface area contributed by atoms with Crippen molar-refractivity contribution in [3.63, 3.8) is 0 Å². The van der Waals surface area contributed by atoms with Gasteiger partial charge in [-0.05, 0) is 33.4 Å². The van der Waals surface area contributed by atoms with Crippen LogP contribution in [0.2, 0.25) is 0 Å². The van der Waals surface area contributed by atoms with Gasteiger partial charge in [-0.3, -0.25) is 4.90 Å². The molecule has 0 rings (SSSR count). The molecule has 0 aliphatic heterocycles. The van der Waals surface area contributed by atoms with Gasteiger partial charge in [-0.1, -0.05) is 33.3 Å². The van der Waals surface area contributed by atoms with Gasteiger partial charge < -0.3 is 5.11 Å². The van der Waals surface area contributed by atoms with Gasteiger partial charge in [-0.25, -0.2) is 4.79 Å². The van der Waals surface area contributed by atoms with Crippen LogP contribution in [0.15, 0.2) is 11.6 Å². The molecule has 0 radical (unpaired) electrons. The molecule has 0 aromatic carbocycles. The molecule has 3 nitrogen and oxygen atoms in total. The maximum Gasteiger partial charge on any atom is 0.331 e. The Hall–Kier alpha value is -0.830. The van der Waals surface area contributed by atoms with Crippen LogP contribution in [0, 0.1) is 5.92 Å². The van der Waals surface area contributed by atoms with E-state index in [1.54, 1.807) is 6.92 Å². The summed E-state index contributed by atoms with van der Waals surface area (Å²) in [5.41, 5.74) is 0.271. The Bertz CT molecular complexity index is 271. The fraction of sp³-hybridized carbons (Fsp3) is 0.769. The lowest BCUT2D eigenvalue weighted by Crippen LogP contribution is -2.47. The molecule has 94 valence electrons. The molecule has 2 unspecified atom stereocenters. The van der Waals surface area contributed by atoms with Crippen molar-refractivity contribution in [1.29, 1.82) is 0 Å². The Balaban J connectivity index is 5.38. The molecule has 3 heteroatoms. The van der Waals surface area contributed by atoms with Crippen molar-refractivity contribution < 1.29 is 9.90 Å². The number of likely N-dealkylation sites (N-methyl/N-ethyl adjacent to an activating group) is 1. The van der Waals surface area contributed by atoms with Crippen LogP contribution in [0.1, 0.15) is 40.5 Å². The van der Waals surface area contributed by atoms with Gasteiger partial charge in [0.15, 0.2) is 0 Å². The van der Waals surface area contributed by atoms with E-state index in [4.69, 9.17) is 5.11 Å². The predicted octanol–water partition coefficient (Wildman–Crippen LogP) is 2.77. The molecule has 2 atom stereocenters. The van der Waals surface area contributed by atoms with E-state index in [9.17, 15) is 4.79 Å². The van der Waals surface area contributed by atoms with Crippen molar-refractivity contribution in [1.82, 2.24) is 4.90 Å². The number of carboxylic acids is 1. The van der Waals surface area contributed by atoms with Crippen LogP contribution in [0.3, 0.4) is 0 Å². The second-order valence-electron chi connectivity index (χ2n) is 4.68. The van der Waals surface area contributed by atoms with Crippen molar-refractivity contribution in [2.24, 2.45) is 5.92 Å². The first kappa shape index (κ1) is 15.2. The SMILES string of the molecule is CCC(C)C(/C=C(\C)C(=O)O)(CC)N(C)C. The van der Waals surface area contributed by atoms with Crippen LogP contribution >= 0.6 is 0 Å². The first-order valence-corrected chi connectivity index (χ1v) is 5.92. The minimum atomic E-state index is -0.831. The zero-order chi connectivity index (χ0) is 12.9. The summed E-state index contributed by atoms with van der Waals surface area (Å²) in [5.74, 6) is -0.398. The molecular weight excluding hydrogens is 202 g/mol. The summed E-state index contributed by atoms with van der Waals surface area (Å²) in [5, 5.41) is 8.99. The number of carbonyl (C=O) groups is 1. The van der Waals surface area contributed by atoms with Crippen molar-refractivity contribution in [2.45, 2.75) is 46.1 Å². The summed E-state index contributed by atoms with van der Waals surface area (Å²) in [6.07, 6.45) is 3.86. The summed E-state index contributed by atoms with van der Waals surface area (Å²) in [6.45, 7) is 8.09. The molecule has 0 heterocycles.